The number of nitrogens with two attached hydrogens (primary N) is 1. The summed E-state index contributed by atoms with van der Waals surface area (Å²) in [5.74, 6) is -0.0287. The predicted octanol–water partition coefficient (Wildman–Crippen LogP) is 1.73. The molecule has 0 heterocycles. The van der Waals surface area contributed by atoms with Crippen LogP contribution in [0.25, 0.3) is 0 Å². The van der Waals surface area contributed by atoms with Crippen LogP contribution >= 0.6 is 0 Å². The Hall–Kier alpha value is -1.95. The molecule has 1 aromatic carbocycles. The fourth-order valence-electron chi connectivity index (χ4n) is 1.61. The number of non-ortho nitro benzene ring substituents is 1. The van der Waals surface area contributed by atoms with E-state index < -0.39 is 4.92 Å². The summed E-state index contributed by atoms with van der Waals surface area (Å²) in [6, 6.07) is 6.25. The molecule has 0 aromatic heterocycles. The van der Waals surface area contributed by atoms with Gasteiger partial charge in [-0.2, -0.15) is 0 Å². The van der Waals surface area contributed by atoms with Gasteiger partial charge in [0.05, 0.1) is 4.92 Å². The second-order valence-electron chi connectivity index (χ2n) is 4.57. The zero-order valence-corrected chi connectivity index (χ0v) is 11.0. The van der Waals surface area contributed by atoms with Crippen molar-refractivity contribution in [1.29, 1.82) is 0 Å². The smallest absolute Gasteiger partial charge is 0.269 e. The number of hydrogen-bond acceptors (Lipinski definition) is 4. The highest BCUT2D eigenvalue weighted by molar-refractivity contribution is 5.75. The molecule has 104 valence electrons. The van der Waals surface area contributed by atoms with Crippen LogP contribution in [0.2, 0.25) is 0 Å². The van der Waals surface area contributed by atoms with Gasteiger partial charge in [-0.3, -0.25) is 14.9 Å². The predicted molar refractivity (Wildman–Crippen MR) is 72.4 cm³/mol. The molecule has 0 bridgehead atoms. The lowest BCUT2D eigenvalue weighted by molar-refractivity contribution is -0.384. The number of rotatable bonds is 7. The molecular weight excluding hydrogens is 246 g/mol. The third kappa shape index (κ3) is 5.96. The van der Waals surface area contributed by atoms with Crippen molar-refractivity contribution in [3.05, 3.63) is 39.9 Å². The molecule has 0 aliphatic carbocycles. The van der Waals surface area contributed by atoms with E-state index in [1.165, 1.54) is 12.1 Å². The van der Waals surface area contributed by atoms with Crippen molar-refractivity contribution in [3.8, 4) is 0 Å². The van der Waals surface area contributed by atoms with Crippen molar-refractivity contribution in [2.45, 2.75) is 38.8 Å². The zero-order chi connectivity index (χ0) is 14.3. The Kier molecular flexibility index (Phi) is 5.95. The molecule has 0 saturated heterocycles. The number of nitro groups is 1. The second-order valence-corrected chi connectivity index (χ2v) is 4.57. The Morgan fingerprint density at radius 3 is 2.58 bits per heavy atom. The van der Waals surface area contributed by atoms with Crippen molar-refractivity contribution in [3.63, 3.8) is 0 Å². The average molecular weight is 265 g/mol. The van der Waals surface area contributed by atoms with Gasteiger partial charge >= 0.3 is 0 Å². The molecule has 1 amide bonds. The molecule has 1 unspecified atom stereocenters. The lowest BCUT2D eigenvalue weighted by Gasteiger charge is -2.06. The summed E-state index contributed by atoms with van der Waals surface area (Å²) in [6.45, 7) is 2.30. The maximum Gasteiger partial charge on any atom is 0.269 e. The molecule has 0 radical (unpaired) electrons. The van der Waals surface area contributed by atoms with Crippen LogP contribution in [0.3, 0.4) is 0 Å². The van der Waals surface area contributed by atoms with Crippen LogP contribution in [0.4, 0.5) is 5.69 Å². The molecule has 6 nitrogen and oxygen atoms in total. The Labute approximate surface area is 112 Å². The summed E-state index contributed by atoms with van der Waals surface area (Å²) < 4.78 is 0. The van der Waals surface area contributed by atoms with Crippen LogP contribution in [0, 0.1) is 10.1 Å². The number of carbonyl (C=O) groups excluding carboxylic acids is 1. The maximum atomic E-state index is 11.5. The minimum absolute atomic E-state index is 0.0287. The van der Waals surface area contributed by atoms with E-state index in [0.29, 0.717) is 13.0 Å². The highest BCUT2D eigenvalue weighted by Crippen LogP contribution is 2.11. The SMILES string of the molecule is CC(N)CCCC(=O)NCc1ccc([N+](=O)[O-])cc1. The van der Waals surface area contributed by atoms with Gasteiger partial charge < -0.3 is 11.1 Å². The largest absolute Gasteiger partial charge is 0.352 e. The van der Waals surface area contributed by atoms with Crippen molar-refractivity contribution in [1.82, 2.24) is 5.32 Å². The lowest BCUT2D eigenvalue weighted by Crippen LogP contribution is -2.23. The van der Waals surface area contributed by atoms with E-state index in [2.05, 4.69) is 5.32 Å². The number of amides is 1. The van der Waals surface area contributed by atoms with E-state index in [4.69, 9.17) is 5.73 Å². The van der Waals surface area contributed by atoms with Crippen LogP contribution in [-0.4, -0.2) is 16.9 Å². The van der Waals surface area contributed by atoms with Crippen molar-refractivity contribution >= 4 is 11.6 Å². The van der Waals surface area contributed by atoms with Gasteiger partial charge in [0.15, 0.2) is 0 Å². The number of hydrogen-bond donors (Lipinski definition) is 2. The van der Waals surface area contributed by atoms with E-state index >= 15 is 0 Å². The number of nitro benzene ring substituents is 1. The minimum atomic E-state index is -0.448. The molecule has 6 heteroatoms. The molecular formula is C13H19N3O3. The zero-order valence-electron chi connectivity index (χ0n) is 11.0. The van der Waals surface area contributed by atoms with Gasteiger partial charge in [0.1, 0.15) is 0 Å². The van der Waals surface area contributed by atoms with Gasteiger partial charge in [-0.05, 0) is 25.3 Å². The third-order valence-corrected chi connectivity index (χ3v) is 2.70. The van der Waals surface area contributed by atoms with E-state index in [1.54, 1.807) is 12.1 Å². The van der Waals surface area contributed by atoms with Crippen molar-refractivity contribution in [2.24, 2.45) is 5.73 Å². The fraction of sp³-hybridized carbons (Fsp3) is 0.462. The number of benzene rings is 1. The highest BCUT2D eigenvalue weighted by atomic mass is 16.6. The van der Waals surface area contributed by atoms with Crippen LogP contribution < -0.4 is 11.1 Å². The summed E-state index contributed by atoms with van der Waals surface area (Å²) in [6.07, 6.45) is 2.04. The first kappa shape index (κ1) is 15.1. The molecule has 0 aliphatic rings. The molecule has 0 spiro atoms. The van der Waals surface area contributed by atoms with Crippen LogP contribution in [0.5, 0.6) is 0 Å². The quantitative estimate of drug-likeness (QED) is 0.579. The summed E-state index contributed by atoms with van der Waals surface area (Å²) in [7, 11) is 0. The summed E-state index contributed by atoms with van der Waals surface area (Å²) in [5.41, 5.74) is 6.48. The van der Waals surface area contributed by atoms with E-state index in [9.17, 15) is 14.9 Å². The third-order valence-electron chi connectivity index (χ3n) is 2.70. The van der Waals surface area contributed by atoms with Gasteiger partial charge in [0.2, 0.25) is 5.91 Å². The number of nitrogens with one attached hydrogen (secondary N) is 1. The first-order valence-corrected chi connectivity index (χ1v) is 6.24. The Balaban J connectivity index is 2.32. The number of carbonyl (C=O) groups is 1. The Morgan fingerprint density at radius 2 is 2.05 bits per heavy atom. The maximum absolute atomic E-state index is 11.5. The number of nitrogens with zero attached hydrogens (tertiary/aromatic N) is 1. The van der Waals surface area contributed by atoms with Gasteiger partial charge in [-0.1, -0.05) is 12.1 Å². The summed E-state index contributed by atoms with van der Waals surface area (Å²) in [4.78, 5) is 21.5. The first-order chi connectivity index (χ1) is 8.99. The van der Waals surface area contributed by atoms with E-state index in [-0.39, 0.29) is 17.6 Å². The summed E-state index contributed by atoms with van der Waals surface area (Å²) in [5, 5.41) is 13.2. The second kappa shape index (κ2) is 7.48. The molecule has 0 fully saturated rings. The average Bonchev–Trinajstić information content (AvgIpc) is 2.36. The standard InChI is InChI=1S/C13H19N3O3/c1-10(14)3-2-4-13(17)15-9-11-5-7-12(8-6-11)16(18)19/h5-8,10H,2-4,9,14H2,1H3,(H,15,17). The van der Waals surface area contributed by atoms with E-state index in [0.717, 1.165) is 18.4 Å². The van der Waals surface area contributed by atoms with Gasteiger partial charge in [-0.15, -0.1) is 0 Å². The van der Waals surface area contributed by atoms with Crippen LogP contribution in [0.15, 0.2) is 24.3 Å². The van der Waals surface area contributed by atoms with Gasteiger partial charge in [0, 0.05) is 31.1 Å². The highest BCUT2D eigenvalue weighted by Gasteiger charge is 2.05. The Bertz CT molecular complexity index is 429. The van der Waals surface area contributed by atoms with Crippen LogP contribution in [-0.2, 0) is 11.3 Å². The van der Waals surface area contributed by atoms with E-state index in [1.807, 2.05) is 6.92 Å². The molecule has 1 aromatic rings. The lowest BCUT2D eigenvalue weighted by atomic mass is 10.1. The first-order valence-electron chi connectivity index (χ1n) is 6.24. The van der Waals surface area contributed by atoms with Gasteiger partial charge in [-0.25, -0.2) is 0 Å². The fourth-order valence-corrected chi connectivity index (χ4v) is 1.61. The molecule has 19 heavy (non-hydrogen) atoms. The molecule has 1 atom stereocenters. The molecule has 0 aliphatic heterocycles. The van der Waals surface area contributed by atoms with Crippen molar-refractivity contribution in [2.75, 3.05) is 0 Å². The topological polar surface area (TPSA) is 98.3 Å². The molecule has 1 rings (SSSR count). The molecule has 0 saturated carbocycles. The van der Waals surface area contributed by atoms with Gasteiger partial charge in [0.25, 0.3) is 5.69 Å². The normalized spacial score (nSPS) is 11.9. The van der Waals surface area contributed by atoms with Crippen molar-refractivity contribution < 1.29 is 9.72 Å². The summed E-state index contributed by atoms with van der Waals surface area (Å²) >= 11 is 0. The minimum Gasteiger partial charge on any atom is -0.352 e. The monoisotopic (exact) mass is 265 g/mol. The molecule has 3 N–H and O–H groups in total. The Morgan fingerprint density at radius 1 is 1.42 bits per heavy atom. The van der Waals surface area contributed by atoms with Crippen LogP contribution in [0.1, 0.15) is 31.7 Å².